The first-order valence-corrected chi connectivity index (χ1v) is 4.52. The van der Waals surface area contributed by atoms with Crippen molar-refractivity contribution >= 4 is 10.9 Å². The first-order chi connectivity index (χ1) is 6.74. The Morgan fingerprint density at radius 2 is 2.21 bits per heavy atom. The van der Waals surface area contributed by atoms with Crippen molar-refractivity contribution in [1.82, 2.24) is 9.78 Å². The van der Waals surface area contributed by atoms with Crippen molar-refractivity contribution in [2.24, 2.45) is 12.8 Å². The number of benzene rings is 1. The zero-order chi connectivity index (χ0) is 10.1. The molecule has 1 aromatic heterocycles. The Balaban J connectivity index is 2.66. The van der Waals surface area contributed by atoms with E-state index in [2.05, 4.69) is 5.10 Å². The third kappa shape index (κ3) is 1.29. The van der Waals surface area contributed by atoms with Crippen molar-refractivity contribution in [2.75, 3.05) is 6.61 Å². The number of nitrogens with zero attached hydrogens (tertiary/aromatic N) is 2. The average molecular weight is 191 g/mol. The number of aryl methyl sites for hydroxylation is 1. The van der Waals surface area contributed by atoms with Gasteiger partial charge in [0, 0.05) is 12.4 Å². The minimum atomic E-state index is -0.402. The van der Waals surface area contributed by atoms with E-state index in [4.69, 9.17) is 10.8 Å². The fraction of sp³-hybridized carbons (Fsp3) is 0.300. The number of aliphatic hydroxyl groups is 1. The fourth-order valence-electron chi connectivity index (χ4n) is 1.60. The Bertz CT molecular complexity index is 450. The van der Waals surface area contributed by atoms with Gasteiger partial charge in [-0.3, -0.25) is 4.68 Å². The van der Waals surface area contributed by atoms with Crippen molar-refractivity contribution in [3.8, 4) is 0 Å². The highest BCUT2D eigenvalue weighted by atomic mass is 16.3. The van der Waals surface area contributed by atoms with E-state index < -0.39 is 6.04 Å². The second-order valence-corrected chi connectivity index (χ2v) is 3.32. The summed E-state index contributed by atoms with van der Waals surface area (Å²) in [5.41, 5.74) is 7.54. The molecule has 0 fully saturated rings. The van der Waals surface area contributed by atoms with Crippen LogP contribution in [0.2, 0.25) is 0 Å². The number of hydrogen-bond donors (Lipinski definition) is 2. The van der Waals surface area contributed by atoms with Crippen molar-refractivity contribution in [2.45, 2.75) is 6.04 Å². The van der Waals surface area contributed by atoms with Crippen LogP contribution in [0.15, 0.2) is 24.3 Å². The van der Waals surface area contributed by atoms with Crippen LogP contribution in [0.5, 0.6) is 0 Å². The van der Waals surface area contributed by atoms with Gasteiger partial charge < -0.3 is 10.8 Å². The van der Waals surface area contributed by atoms with Crippen LogP contribution in [0.4, 0.5) is 0 Å². The second-order valence-electron chi connectivity index (χ2n) is 3.32. The highest BCUT2D eigenvalue weighted by Crippen LogP contribution is 2.21. The van der Waals surface area contributed by atoms with Gasteiger partial charge in [0.1, 0.15) is 0 Å². The first-order valence-electron chi connectivity index (χ1n) is 4.52. The van der Waals surface area contributed by atoms with E-state index in [0.717, 1.165) is 16.6 Å². The predicted molar refractivity (Wildman–Crippen MR) is 54.7 cm³/mol. The highest BCUT2D eigenvalue weighted by molar-refractivity contribution is 5.82. The number of hydrogen-bond acceptors (Lipinski definition) is 3. The van der Waals surface area contributed by atoms with Crippen molar-refractivity contribution in [3.05, 3.63) is 30.0 Å². The van der Waals surface area contributed by atoms with Gasteiger partial charge in [-0.15, -0.1) is 0 Å². The molecule has 1 aromatic carbocycles. The summed E-state index contributed by atoms with van der Waals surface area (Å²) in [6.07, 6.45) is 0. The molecular formula is C10H13N3O. The van der Waals surface area contributed by atoms with Gasteiger partial charge in [0.2, 0.25) is 0 Å². The Kier molecular flexibility index (Phi) is 2.23. The monoisotopic (exact) mass is 191 g/mol. The minimum Gasteiger partial charge on any atom is -0.394 e. The smallest absolute Gasteiger partial charge is 0.0893 e. The summed E-state index contributed by atoms with van der Waals surface area (Å²) in [4.78, 5) is 0. The molecule has 1 atom stereocenters. The molecule has 1 heterocycles. The van der Waals surface area contributed by atoms with Gasteiger partial charge in [-0.1, -0.05) is 18.2 Å². The molecular weight excluding hydrogens is 178 g/mol. The lowest BCUT2D eigenvalue weighted by Gasteiger charge is -2.03. The number of nitrogens with two attached hydrogens (primary N) is 1. The zero-order valence-corrected chi connectivity index (χ0v) is 8.01. The molecule has 4 nitrogen and oxygen atoms in total. The molecule has 0 amide bonds. The standard InChI is InChI=1S/C10H13N3O/c1-13-9-5-3-2-4-7(9)10(12-13)8(11)6-14/h2-5,8,14H,6,11H2,1H3. The van der Waals surface area contributed by atoms with Crippen LogP contribution in [-0.4, -0.2) is 21.5 Å². The van der Waals surface area contributed by atoms with E-state index in [1.807, 2.05) is 31.3 Å². The summed E-state index contributed by atoms with van der Waals surface area (Å²) in [7, 11) is 1.87. The molecule has 0 saturated heterocycles. The zero-order valence-electron chi connectivity index (χ0n) is 8.01. The summed E-state index contributed by atoms with van der Waals surface area (Å²) in [5, 5.41) is 14.3. The Morgan fingerprint density at radius 1 is 1.50 bits per heavy atom. The van der Waals surface area contributed by atoms with Crippen LogP contribution in [0.1, 0.15) is 11.7 Å². The molecule has 4 heteroatoms. The van der Waals surface area contributed by atoms with Crippen LogP contribution in [-0.2, 0) is 7.05 Å². The highest BCUT2D eigenvalue weighted by Gasteiger charge is 2.13. The SMILES string of the molecule is Cn1nc(C(N)CO)c2ccccc21. The largest absolute Gasteiger partial charge is 0.394 e. The maximum atomic E-state index is 8.98. The average Bonchev–Trinajstić information content (AvgIpc) is 2.56. The van der Waals surface area contributed by atoms with Gasteiger partial charge in [-0.2, -0.15) is 5.10 Å². The van der Waals surface area contributed by atoms with E-state index in [9.17, 15) is 0 Å². The third-order valence-electron chi connectivity index (χ3n) is 2.33. The third-order valence-corrected chi connectivity index (χ3v) is 2.33. The van der Waals surface area contributed by atoms with E-state index in [1.165, 1.54) is 0 Å². The van der Waals surface area contributed by atoms with E-state index in [1.54, 1.807) is 4.68 Å². The van der Waals surface area contributed by atoms with Gasteiger partial charge >= 0.3 is 0 Å². The molecule has 2 rings (SSSR count). The first kappa shape index (κ1) is 9.18. The van der Waals surface area contributed by atoms with Gasteiger partial charge in [0.25, 0.3) is 0 Å². The molecule has 0 bridgehead atoms. The minimum absolute atomic E-state index is 0.0823. The number of aromatic nitrogens is 2. The van der Waals surface area contributed by atoms with Gasteiger partial charge in [0.05, 0.1) is 23.9 Å². The number of fused-ring (bicyclic) bond motifs is 1. The predicted octanol–water partition coefficient (Wildman–Crippen LogP) is 0.565. The van der Waals surface area contributed by atoms with Crippen molar-refractivity contribution in [1.29, 1.82) is 0 Å². The molecule has 1 unspecified atom stereocenters. The molecule has 0 aliphatic rings. The number of rotatable bonds is 2. The molecule has 0 aliphatic carbocycles. The normalized spacial score (nSPS) is 13.4. The fourth-order valence-corrected chi connectivity index (χ4v) is 1.60. The quantitative estimate of drug-likeness (QED) is 0.729. The molecule has 3 N–H and O–H groups in total. The van der Waals surface area contributed by atoms with Crippen molar-refractivity contribution in [3.63, 3.8) is 0 Å². The van der Waals surface area contributed by atoms with Crippen LogP contribution in [0.3, 0.4) is 0 Å². The molecule has 74 valence electrons. The Hall–Kier alpha value is -1.39. The summed E-state index contributed by atoms with van der Waals surface area (Å²) >= 11 is 0. The van der Waals surface area contributed by atoms with Gasteiger partial charge in [0.15, 0.2) is 0 Å². The summed E-state index contributed by atoms with van der Waals surface area (Å²) in [5.74, 6) is 0. The second kappa shape index (κ2) is 3.40. The summed E-state index contributed by atoms with van der Waals surface area (Å²) < 4.78 is 1.78. The van der Waals surface area contributed by atoms with Gasteiger partial charge in [-0.25, -0.2) is 0 Å². The van der Waals surface area contributed by atoms with E-state index in [-0.39, 0.29) is 6.61 Å². The Labute approximate surface area is 81.9 Å². The van der Waals surface area contributed by atoms with E-state index >= 15 is 0 Å². The number of aliphatic hydroxyl groups excluding tert-OH is 1. The summed E-state index contributed by atoms with van der Waals surface area (Å²) in [6.45, 7) is -0.0823. The van der Waals surface area contributed by atoms with Crippen LogP contribution in [0, 0.1) is 0 Å². The molecule has 2 aromatic rings. The molecule has 0 saturated carbocycles. The lowest BCUT2D eigenvalue weighted by molar-refractivity contribution is 0.266. The van der Waals surface area contributed by atoms with Crippen LogP contribution in [0.25, 0.3) is 10.9 Å². The lowest BCUT2D eigenvalue weighted by Crippen LogP contribution is -2.15. The molecule has 0 spiro atoms. The van der Waals surface area contributed by atoms with E-state index in [0.29, 0.717) is 0 Å². The molecule has 0 aliphatic heterocycles. The van der Waals surface area contributed by atoms with Crippen LogP contribution < -0.4 is 5.73 Å². The summed E-state index contributed by atoms with van der Waals surface area (Å²) in [6, 6.07) is 7.44. The lowest BCUT2D eigenvalue weighted by atomic mass is 10.1. The molecule has 14 heavy (non-hydrogen) atoms. The maximum Gasteiger partial charge on any atom is 0.0893 e. The van der Waals surface area contributed by atoms with Gasteiger partial charge in [-0.05, 0) is 6.07 Å². The maximum absolute atomic E-state index is 8.98. The molecule has 0 radical (unpaired) electrons. The topological polar surface area (TPSA) is 64.1 Å². The Morgan fingerprint density at radius 3 is 2.93 bits per heavy atom. The van der Waals surface area contributed by atoms with Crippen LogP contribution >= 0.6 is 0 Å². The number of para-hydroxylation sites is 1. The van der Waals surface area contributed by atoms with Crippen molar-refractivity contribution < 1.29 is 5.11 Å².